The first-order valence-corrected chi connectivity index (χ1v) is 11.4. The van der Waals surface area contributed by atoms with Crippen LogP contribution in [0.5, 0.6) is 0 Å². The number of hydrogen-bond acceptors (Lipinski definition) is 6. The summed E-state index contributed by atoms with van der Waals surface area (Å²) in [5.74, 6) is 0.762. The molecule has 1 rings (SSSR count). The van der Waals surface area contributed by atoms with E-state index in [1.165, 1.54) is 19.3 Å². The minimum atomic E-state index is -3.69. The molecule has 1 aliphatic rings. The summed E-state index contributed by atoms with van der Waals surface area (Å²) in [5, 5.41) is 7.59. The zero-order valence-corrected chi connectivity index (χ0v) is 16.4. The number of nitrogens with one attached hydrogen (secondary N) is 2. The average molecular weight is 396 g/mol. The second-order valence-electron chi connectivity index (χ2n) is 6.51. The van der Waals surface area contributed by atoms with E-state index in [-0.39, 0.29) is 5.03 Å². The number of likely N-dealkylation sites (tertiary alicyclic amines) is 1. The van der Waals surface area contributed by atoms with E-state index in [1.807, 2.05) is 0 Å². The Labute approximate surface area is 154 Å². The van der Waals surface area contributed by atoms with Gasteiger partial charge in [0.2, 0.25) is 0 Å². The molecule has 0 aliphatic carbocycles. The maximum atomic E-state index is 11.0. The molecule has 1 aliphatic heterocycles. The molecule has 0 amide bonds. The van der Waals surface area contributed by atoms with Gasteiger partial charge in [-0.05, 0) is 51.2 Å². The minimum absolute atomic E-state index is 0.122. The van der Waals surface area contributed by atoms with Crippen LogP contribution >= 0.6 is 0 Å². The Hall–Kier alpha value is -0.520. The Kier molecular flexibility index (Phi) is 10.8. The number of nitrogens with zero attached hydrogens (tertiary/aromatic N) is 1. The van der Waals surface area contributed by atoms with Crippen molar-refractivity contribution in [2.75, 3.05) is 32.7 Å². The molecule has 0 aromatic heterocycles. The molecule has 8 nitrogen and oxygen atoms in total. The maximum Gasteiger partial charge on any atom is 0.252 e. The molecule has 1 fully saturated rings. The van der Waals surface area contributed by atoms with Gasteiger partial charge in [-0.15, -0.1) is 0 Å². The van der Waals surface area contributed by atoms with E-state index in [0.717, 1.165) is 51.2 Å². The highest BCUT2D eigenvalue weighted by molar-refractivity contribution is 7.92. The number of hydrogen-bond donors (Lipinski definition) is 3. The van der Waals surface area contributed by atoms with E-state index < -0.39 is 21.3 Å². The van der Waals surface area contributed by atoms with Crippen LogP contribution in [0.25, 0.3) is 0 Å². The Bertz CT molecular complexity index is 520. The number of primary sulfonamides is 1. The highest BCUT2D eigenvalue weighted by Gasteiger charge is 2.18. The Morgan fingerprint density at radius 1 is 1.20 bits per heavy atom. The third kappa shape index (κ3) is 10.9. The van der Waals surface area contributed by atoms with Crippen LogP contribution in [0.1, 0.15) is 44.9 Å². The zero-order valence-electron chi connectivity index (χ0n) is 14.7. The van der Waals surface area contributed by atoms with E-state index >= 15 is 0 Å². The average Bonchev–Trinajstić information content (AvgIpc) is 2.54. The van der Waals surface area contributed by atoms with Gasteiger partial charge in [-0.1, -0.05) is 25.8 Å². The van der Waals surface area contributed by atoms with E-state index in [9.17, 15) is 17.2 Å². The predicted molar refractivity (Wildman–Crippen MR) is 99.4 cm³/mol. The lowest BCUT2D eigenvalue weighted by molar-refractivity contribution is 0.176. The van der Waals surface area contributed by atoms with Gasteiger partial charge in [-0.25, -0.2) is 18.3 Å². The summed E-state index contributed by atoms with van der Waals surface area (Å²) >= 11 is -2.14. The topological polar surface area (TPSA) is 128 Å². The number of unbranched alkanes of at least 4 members (excludes halogenated alkanes) is 2. The molecule has 10 heteroatoms. The van der Waals surface area contributed by atoms with Crippen LogP contribution in [0.4, 0.5) is 0 Å². The van der Waals surface area contributed by atoms with Crippen molar-refractivity contribution < 1.29 is 17.2 Å². The lowest BCUT2D eigenvalue weighted by Gasteiger charge is -2.32. The number of piperidine rings is 1. The first-order valence-electron chi connectivity index (χ1n) is 8.79. The summed E-state index contributed by atoms with van der Waals surface area (Å²) in [6, 6.07) is 0. The van der Waals surface area contributed by atoms with Gasteiger partial charge in [0.25, 0.3) is 10.0 Å². The van der Waals surface area contributed by atoms with Crippen LogP contribution in [0.15, 0.2) is 11.6 Å². The van der Waals surface area contributed by atoms with E-state index in [4.69, 9.17) is 5.14 Å². The highest BCUT2D eigenvalue weighted by atomic mass is 32.2. The van der Waals surface area contributed by atoms with Gasteiger partial charge in [0.05, 0.1) is 0 Å². The molecule has 1 saturated heterocycles. The Morgan fingerprint density at radius 3 is 2.48 bits per heavy atom. The van der Waals surface area contributed by atoms with Crippen molar-refractivity contribution in [3.05, 3.63) is 11.6 Å². The summed E-state index contributed by atoms with van der Waals surface area (Å²) in [6.45, 7) is 7.59. The molecule has 1 unspecified atom stereocenters. The van der Waals surface area contributed by atoms with E-state index in [2.05, 4.69) is 21.5 Å². The SMILES string of the molecule is C=C(NCCCN1CCC(CCCCCNS(=O)[O-])CC1)S(N)(=O)=O. The largest absolute Gasteiger partial charge is 0.760 e. The van der Waals surface area contributed by atoms with E-state index in [0.29, 0.717) is 13.1 Å². The first-order chi connectivity index (χ1) is 11.8. The molecule has 1 heterocycles. The summed E-state index contributed by atoms with van der Waals surface area (Å²) in [4.78, 5) is 2.41. The molecule has 0 spiro atoms. The van der Waals surface area contributed by atoms with Crippen LogP contribution in [0.3, 0.4) is 0 Å². The quantitative estimate of drug-likeness (QED) is 0.306. The van der Waals surface area contributed by atoms with Crippen molar-refractivity contribution in [3.8, 4) is 0 Å². The highest BCUT2D eigenvalue weighted by Crippen LogP contribution is 2.22. The van der Waals surface area contributed by atoms with Crippen molar-refractivity contribution in [2.45, 2.75) is 44.9 Å². The van der Waals surface area contributed by atoms with Crippen molar-refractivity contribution in [1.29, 1.82) is 0 Å². The van der Waals surface area contributed by atoms with Gasteiger partial charge in [-0.2, -0.15) is 0 Å². The van der Waals surface area contributed by atoms with Crippen LogP contribution in [0.2, 0.25) is 0 Å². The van der Waals surface area contributed by atoms with Crippen LogP contribution in [0, 0.1) is 5.92 Å². The maximum absolute atomic E-state index is 11.0. The molecule has 0 aromatic rings. The third-order valence-corrected chi connectivity index (χ3v) is 5.80. The molecule has 148 valence electrons. The van der Waals surface area contributed by atoms with Gasteiger partial charge in [-0.3, -0.25) is 4.21 Å². The summed E-state index contributed by atoms with van der Waals surface area (Å²) in [6.07, 6.45) is 7.56. The second-order valence-corrected chi connectivity index (χ2v) is 8.85. The molecule has 1 atom stereocenters. The molecule has 0 saturated carbocycles. The Balaban J connectivity index is 2.00. The second kappa shape index (κ2) is 12.0. The van der Waals surface area contributed by atoms with E-state index in [1.54, 1.807) is 0 Å². The first kappa shape index (κ1) is 22.5. The van der Waals surface area contributed by atoms with Crippen LogP contribution < -0.4 is 15.2 Å². The van der Waals surface area contributed by atoms with Crippen LogP contribution in [-0.2, 0) is 21.3 Å². The van der Waals surface area contributed by atoms with Gasteiger partial charge >= 0.3 is 0 Å². The fraction of sp³-hybridized carbons (Fsp3) is 0.867. The van der Waals surface area contributed by atoms with Crippen molar-refractivity contribution in [3.63, 3.8) is 0 Å². The number of rotatable bonds is 13. The lowest BCUT2D eigenvalue weighted by Crippen LogP contribution is -2.36. The number of nitrogens with two attached hydrogens (primary N) is 1. The van der Waals surface area contributed by atoms with Crippen LogP contribution in [-0.4, -0.2) is 54.8 Å². The Morgan fingerprint density at radius 2 is 1.88 bits per heavy atom. The number of sulfonamides is 1. The molecular formula is C15H31N4O4S2-. The smallest absolute Gasteiger partial charge is 0.252 e. The fourth-order valence-electron chi connectivity index (χ4n) is 3.02. The normalized spacial score (nSPS) is 18.2. The summed E-state index contributed by atoms with van der Waals surface area (Å²) < 4.78 is 45.1. The monoisotopic (exact) mass is 395 g/mol. The van der Waals surface area contributed by atoms with Gasteiger partial charge < -0.3 is 14.8 Å². The van der Waals surface area contributed by atoms with Gasteiger partial charge in [0, 0.05) is 24.4 Å². The lowest BCUT2D eigenvalue weighted by atomic mass is 9.91. The van der Waals surface area contributed by atoms with Crippen molar-refractivity contribution in [2.24, 2.45) is 11.1 Å². The summed E-state index contributed by atoms with van der Waals surface area (Å²) in [7, 11) is -3.69. The van der Waals surface area contributed by atoms with Crippen molar-refractivity contribution in [1.82, 2.24) is 14.9 Å². The predicted octanol–water partition coefficient (Wildman–Crippen LogP) is 0.382. The summed E-state index contributed by atoms with van der Waals surface area (Å²) in [5.41, 5.74) is 0. The standard InChI is InChI=1S/C15H32N4O4S2/c1-14(25(16,22)23)17-9-5-11-19-12-7-15(8-13-19)6-3-2-4-10-18-24(20)21/h15,17-18H,1-13H2,(H,20,21)(H2,16,22,23)/p-1. The van der Waals surface area contributed by atoms with Gasteiger partial charge in [0.1, 0.15) is 5.03 Å². The van der Waals surface area contributed by atoms with Crippen molar-refractivity contribution >= 4 is 21.3 Å². The molecule has 0 bridgehead atoms. The molecule has 0 aromatic carbocycles. The third-order valence-electron chi connectivity index (χ3n) is 4.53. The fourth-order valence-corrected chi connectivity index (χ4v) is 3.63. The molecule has 0 radical (unpaired) electrons. The molecule has 4 N–H and O–H groups in total. The van der Waals surface area contributed by atoms with Gasteiger partial charge in [0.15, 0.2) is 0 Å². The minimum Gasteiger partial charge on any atom is -0.760 e. The molecular weight excluding hydrogens is 364 g/mol. The zero-order chi connectivity index (χ0) is 18.7. The molecule has 25 heavy (non-hydrogen) atoms.